The molecule has 0 spiro atoms. The second-order valence-corrected chi connectivity index (χ2v) is 7.13. The molecule has 190 valence electrons. The fraction of sp³-hybridized carbons (Fsp3) is 0.632. The van der Waals surface area contributed by atoms with Crippen molar-refractivity contribution in [2.45, 2.75) is 37.9 Å². The molecule has 1 aromatic rings. The summed E-state index contributed by atoms with van der Waals surface area (Å²) in [6, 6.07) is 0. The van der Waals surface area contributed by atoms with E-state index >= 15 is 0 Å². The molecule has 1 aliphatic heterocycles. The number of aliphatic hydroxyl groups is 2. The number of hydrogen-bond acceptors (Lipinski definition) is 8. The van der Waals surface area contributed by atoms with Gasteiger partial charge in [0.15, 0.2) is 29.6 Å². The summed E-state index contributed by atoms with van der Waals surface area (Å²) in [5.74, 6) is -9.40. The Bertz CT molecular complexity index is 875. The molecule has 0 radical (unpaired) electrons. The van der Waals surface area contributed by atoms with Gasteiger partial charge in [0.05, 0.1) is 45.2 Å². The Labute approximate surface area is 191 Å². The smallest absolute Gasteiger partial charge is 0.257 e. The Kier molecular flexibility index (Phi) is 10.9. The van der Waals surface area contributed by atoms with E-state index in [1.165, 1.54) is 0 Å². The van der Waals surface area contributed by atoms with Crippen LogP contribution in [0.15, 0.2) is 5.11 Å². The lowest BCUT2D eigenvalue weighted by Crippen LogP contribution is -2.48. The monoisotopic (exact) mass is 496 g/mol. The van der Waals surface area contributed by atoms with Crippen molar-refractivity contribution in [1.29, 1.82) is 0 Å². The molecule has 0 aliphatic carbocycles. The predicted octanol–water partition coefficient (Wildman–Crippen LogP) is 1.82. The van der Waals surface area contributed by atoms with E-state index in [-0.39, 0.29) is 45.7 Å². The van der Waals surface area contributed by atoms with Crippen molar-refractivity contribution in [3.05, 3.63) is 39.3 Å². The maximum Gasteiger partial charge on any atom is 0.257 e. The number of azide groups is 1. The molecule has 1 fully saturated rings. The lowest BCUT2D eigenvalue weighted by atomic mass is 10.0. The first kappa shape index (κ1) is 27.7. The molecule has 1 aromatic carbocycles. The predicted molar refractivity (Wildman–Crippen MR) is 106 cm³/mol. The van der Waals surface area contributed by atoms with Crippen molar-refractivity contribution in [3.63, 3.8) is 0 Å². The van der Waals surface area contributed by atoms with E-state index in [2.05, 4.69) is 10.0 Å². The molecule has 4 atom stereocenters. The summed E-state index contributed by atoms with van der Waals surface area (Å²) in [6.07, 6.45) is -3.02. The van der Waals surface area contributed by atoms with Crippen molar-refractivity contribution >= 4 is 11.6 Å². The first-order valence-electron chi connectivity index (χ1n) is 10.2. The number of amides is 1. The second kappa shape index (κ2) is 13.4. The van der Waals surface area contributed by atoms with Crippen LogP contribution in [0.2, 0.25) is 0 Å². The Morgan fingerprint density at radius 1 is 1.09 bits per heavy atom. The molecule has 1 aliphatic rings. The van der Waals surface area contributed by atoms with Crippen molar-refractivity contribution in [3.8, 4) is 0 Å². The minimum absolute atomic E-state index is 0.0833. The molecular formula is C19H24F4N4O7. The van der Waals surface area contributed by atoms with Crippen LogP contribution in [0.4, 0.5) is 23.2 Å². The topological polar surface area (TPSA) is 155 Å². The van der Waals surface area contributed by atoms with E-state index in [0.29, 0.717) is 6.42 Å². The standard InChI is InChI=1S/C19H24F4N4O7/c1-9-8-10(28)17(29)19(34-9)33-7-6-32-5-4-31-3-2-25-18(30)11-12(20)14(22)16(26-27-24)15(23)13(11)21/h9-10,17,19,28-29H,2-8H2,1H3,(H,25,30)/t9-,10?,17-,19?/m0/s1. The van der Waals surface area contributed by atoms with Gasteiger partial charge in [-0.05, 0) is 12.5 Å². The van der Waals surface area contributed by atoms with Gasteiger partial charge in [0, 0.05) is 17.9 Å². The minimum atomic E-state index is -1.99. The lowest BCUT2D eigenvalue weighted by molar-refractivity contribution is -0.265. The van der Waals surface area contributed by atoms with E-state index in [0.717, 1.165) is 0 Å². The number of nitrogens with zero attached hydrogens (tertiary/aromatic N) is 3. The third-order valence-corrected chi connectivity index (χ3v) is 4.64. The van der Waals surface area contributed by atoms with Crippen LogP contribution in [0.1, 0.15) is 23.7 Å². The molecular weight excluding hydrogens is 472 g/mol. The van der Waals surface area contributed by atoms with Gasteiger partial charge in [-0.3, -0.25) is 4.79 Å². The number of ether oxygens (including phenoxy) is 4. The summed E-state index contributed by atoms with van der Waals surface area (Å²) >= 11 is 0. The summed E-state index contributed by atoms with van der Waals surface area (Å²) in [4.78, 5) is 14.0. The number of aliphatic hydroxyl groups excluding tert-OH is 2. The van der Waals surface area contributed by atoms with Crippen molar-refractivity contribution < 1.29 is 51.5 Å². The van der Waals surface area contributed by atoms with Crippen LogP contribution in [-0.2, 0) is 18.9 Å². The molecule has 2 unspecified atom stereocenters. The van der Waals surface area contributed by atoms with Gasteiger partial charge in [0.2, 0.25) is 0 Å². The average molecular weight is 496 g/mol. The van der Waals surface area contributed by atoms with E-state index in [1.54, 1.807) is 6.92 Å². The van der Waals surface area contributed by atoms with Gasteiger partial charge in [-0.2, -0.15) is 0 Å². The molecule has 3 N–H and O–H groups in total. The van der Waals surface area contributed by atoms with E-state index in [1.807, 2.05) is 5.32 Å². The molecule has 0 aromatic heterocycles. The van der Waals surface area contributed by atoms with Gasteiger partial charge in [0.1, 0.15) is 17.4 Å². The van der Waals surface area contributed by atoms with Gasteiger partial charge in [-0.25, -0.2) is 17.6 Å². The normalized spacial score (nSPS) is 22.3. The van der Waals surface area contributed by atoms with Crippen LogP contribution in [0.25, 0.3) is 10.4 Å². The second-order valence-electron chi connectivity index (χ2n) is 7.13. The highest BCUT2D eigenvalue weighted by Crippen LogP contribution is 2.30. The number of benzene rings is 1. The van der Waals surface area contributed by atoms with Gasteiger partial charge in [-0.15, -0.1) is 0 Å². The van der Waals surface area contributed by atoms with E-state index < -0.39 is 58.9 Å². The Morgan fingerprint density at radius 2 is 1.68 bits per heavy atom. The summed E-state index contributed by atoms with van der Waals surface area (Å²) in [7, 11) is 0. The molecule has 1 saturated heterocycles. The maximum atomic E-state index is 13.9. The van der Waals surface area contributed by atoms with Crippen molar-refractivity contribution in [2.75, 3.05) is 39.6 Å². The summed E-state index contributed by atoms with van der Waals surface area (Å²) < 4.78 is 76.4. The highest BCUT2D eigenvalue weighted by Gasteiger charge is 2.35. The molecule has 2 rings (SSSR count). The summed E-state index contributed by atoms with van der Waals surface area (Å²) in [6.45, 7) is 1.84. The fourth-order valence-electron chi connectivity index (χ4n) is 2.99. The number of carbonyl (C=O) groups is 1. The highest BCUT2D eigenvalue weighted by molar-refractivity contribution is 5.95. The minimum Gasteiger partial charge on any atom is -0.390 e. The largest absolute Gasteiger partial charge is 0.390 e. The zero-order valence-corrected chi connectivity index (χ0v) is 18.0. The number of rotatable bonds is 12. The molecule has 1 amide bonds. The van der Waals surface area contributed by atoms with Crippen molar-refractivity contribution in [1.82, 2.24) is 5.32 Å². The van der Waals surface area contributed by atoms with Gasteiger partial charge in [-0.1, -0.05) is 5.11 Å². The third kappa shape index (κ3) is 7.24. The third-order valence-electron chi connectivity index (χ3n) is 4.64. The lowest BCUT2D eigenvalue weighted by Gasteiger charge is -2.35. The van der Waals surface area contributed by atoms with Gasteiger partial charge in [0.25, 0.3) is 5.91 Å². The van der Waals surface area contributed by atoms with Crippen LogP contribution in [0.5, 0.6) is 0 Å². The molecule has 15 heteroatoms. The summed E-state index contributed by atoms with van der Waals surface area (Å²) in [5.41, 5.74) is 5.19. The van der Waals surface area contributed by atoms with Crippen LogP contribution in [0.3, 0.4) is 0 Å². The Hall–Kier alpha value is -2.52. The summed E-state index contributed by atoms with van der Waals surface area (Å²) in [5, 5.41) is 24.0. The first-order chi connectivity index (χ1) is 16.2. The highest BCUT2D eigenvalue weighted by atomic mass is 19.2. The number of nitrogens with one attached hydrogen (secondary N) is 1. The van der Waals surface area contributed by atoms with E-state index in [4.69, 9.17) is 24.5 Å². The Morgan fingerprint density at radius 3 is 2.29 bits per heavy atom. The van der Waals surface area contributed by atoms with Crippen LogP contribution >= 0.6 is 0 Å². The average Bonchev–Trinajstić information content (AvgIpc) is 2.79. The van der Waals surface area contributed by atoms with Crippen molar-refractivity contribution in [2.24, 2.45) is 5.11 Å². The van der Waals surface area contributed by atoms with Gasteiger partial charge >= 0.3 is 0 Å². The number of hydrogen-bond donors (Lipinski definition) is 3. The molecule has 0 bridgehead atoms. The van der Waals surface area contributed by atoms with E-state index in [9.17, 15) is 32.6 Å². The number of carbonyl (C=O) groups excluding carboxylic acids is 1. The molecule has 34 heavy (non-hydrogen) atoms. The Balaban J connectivity index is 1.63. The zero-order valence-electron chi connectivity index (χ0n) is 18.0. The van der Waals surface area contributed by atoms with Gasteiger partial charge < -0.3 is 34.5 Å². The maximum absolute atomic E-state index is 13.9. The zero-order chi connectivity index (χ0) is 25.3. The first-order valence-corrected chi connectivity index (χ1v) is 10.2. The van der Waals surface area contributed by atoms with Crippen LogP contribution in [0, 0.1) is 23.3 Å². The number of halogens is 4. The quantitative estimate of drug-likeness (QED) is 0.0996. The van der Waals surface area contributed by atoms with Crippen LogP contribution < -0.4 is 5.32 Å². The van der Waals surface area contributed by atoms with Crippen LogP contribution in [-0.4, -0.2) is 80.3 Å². The molecule has 11 nitrogen and oxygen atoms in total. The SMILES string of the molecule is C[C@H]1CC(O)[C@H](O)C(OCCOCCOCCNC(=O)c2c(F)c(F)c(N=[N+]=[N-])c(F)c2F)O1. The fourth-order valence-corrected chi connectivity index (χ4v) is 2.99. The molecule has 0 saturated carbocycles. The molecule has 1 heterocycles.